The minimum Gasteiger partial charge on any atom is -0.343 e. The summed E-state index contributed by atoms with van der Waals surface area (Å²) in [6.45, 7) is 1.68. The second-order valence-electron chi connectivity index (χ2n) is 5.63. The van der Waals surface area contributed by atoms with Crippen molar-refractivity contribution in [1.82, 2.24) is 4.90 Å². The Labute approximate surface area is 119 Å². The number of rotatable bonds is 2. The van der Waals surface area contributed by atoms with Gasteiger partial charge in [-0.2, -0.15) is 0 Å². The van der Waals surface area contributed by atoms with Gasteiger partial charge in [0.1, 0.15) is 0 Å². The molecule has 0 aliphatic carbocycles. The molecule has 1 aromatic rings. The number of nitrogens with zero attached hydrogens (tertiary/aromatic N) is 1. The number of anilines is 1. The van der Waals surface area contributed by atoms with Gasteiger partial charge in [0, 0.05) is 25.2 Å². The summed E-state index contributed by atoms with van der Waals surface area (Å²) in [4.78, 5) is 26.4. The summed E-state index contributed by atoms with van der Waals surface area (Å²) in [5.41, 5.74) is 1.81. The SMILES string of the molecule is O=C1Nc2ccccc2C1CC(=O)N1CCCCCC1. The zero-order chi connectivity index (χ0) is 13.9. The Morgan fingerprint density at radius 2 is 1.85 bits per heavy atom. The van der Waals surface area contributed by atoms with Gasteiger partial charge in [-0.25, -0.2) is 0 Å². The second-order valence-corrected chi connectivity index (χ2v) is 5.63. The highest BCUT2D eigenvalue weighted by Crippen LogP contribution is 2.34. The second kappa shape index (κ2) is 5.65. The van der Waals surface area contributed by atoms with Crippen LogP contribution in [0.2, 0.25) is 0 Å². The van der Waals surface area contributed by atoms with Gasteiger partial charge in [0.2, 0.25) is 11.8 Å². The average Bonchev–Trinajstić information content (AvgIpc) is 2.66. The molecule has 20 heavy (non-hydrogen) atoms. The number of carbonyl (C=O) groups excluding carboxylic acids is 2. The normalized spacial score (nSPS) is 22.1. The first-order valence-electron chi connectivity index (χ1n) is 7.43. The minimum absolute atomic E-state index is 0.0469. The Bertz CT molecular complexity index is 519. The Hall–Kier alpha value is -1.84. The predicted octanol–water partition coefficient (Wildman–Crippen LogP) is 2.52. The molecule has 2 aliphatic heterocycles. The van der Waals surface area contributed by atoms with Gasteiger partial charge < -0.3 is 10.2 Å². The molecule has 0 saturated carbocycles. The van der Waals surface area contributed by atoms with Crippen LogP contribution >= 0.6 is 0 Å². The van der Waals surface area contributed by atoms with E-state index in [1.807, 2.05) is 29.2 Å². The van der Waals surface area contributed by atoms with Crippen LogP contribution in [0.4, 0.5) is 5.69 Å². The van der Waals surface area contributed by atoms with Crippen molar-refractivity contribution < 1.29 is 9.59 Å². The molecule has 4 heteroatoms. The van der Waals surface area contributed by atoms with Gasteiger partial charge in [0.15, 0.2) is 0 Å². The first-order valence-corrected chi connectivity index (χ1v) is 7.43. The van der Waals surface area contributed by atoms with Crippen LogP contribution in [0.25, 0.3) is 0 Å². The van der Waals surface area contributed by atoms with Crippen molar-refractivity contribution in [3.8, 4) is 0 Å². The van der Waals surface area contributed by atoms with E-state index in [0.717, 1.165) is 37.2 Å². The first-order chi connectivity index (χ1) is 9.75. The standard InChI is InChI=1S/C16H20N2O2/c19-15(18-9-5-1-2-6-10-18)11-13-12-7-3-4-8-14(12)17-16(13)20/h3-4,7-8,13H,1-2,5-6,9-11H2,(H,17,20). The summed E-state index contributed by atoms with van der Waals surface area (Å²) in [7, 11) is 0. The summed E-state index contributed by atoms with van der Waals surface area (Å²) in [5.74, 6) is -0.250. The van der Waals surface area contributed by atoms with Crippen LogP contribution in [0.5, 0.6) is 0 Å². The van der Waals surface area contributed by atoms with Crippen LogP contribution in [0.3, 0.4) is 0 Å². The van der Waals surface area contributed by atoms with Crippen molar-refractivity contribution in [2.45, 2.75) is 38.0 Å². The van der Waals surface area contributed by atoms with E-state index in [1.54, 1.807) is 0 Å². The van der Waals surface area contributed by atoms with E-state index in [4.69, 9.17) is 0 Å². The Morgan fingerprint density at radius 3 is 2.60 bits per heavy atom. The van der Waals surface area contributed by atoms with E-state index in [-0.39, 0.29) is 17.7 Å². The summed E-state index contributed by atoms with van der Waals surface area (Å²) < 4.78 is 0. The third-order valence-electron chi connectivity index (χ3n) is 4.25. The number of hydrogen-bond donors (Lipinski definition) is 1. The van der Waals surface area contributed by atoms with E-state index < -0.39 is 0 Å². The number of nitrogens with one attached hydrogen (secondary N) is 1. The maximum Gasteiger partial charge on any atom is 0.232 e. The van der Waals surface area contributed by atoms with E-state index in [2.05, 4.69) is 5.32 Å². The van der Waals surface area contributed by atoms with E-state index in [9.17, 15) is 9.59 Å². The topological polar surface area (TPSA) is 49.4 Å². The van der Waals surface area contributed by atoms with Gasteiger partial charge in [-0.3, -0.25) is 9.59 Å². The Morgan fingerprint density at radius 1 is 1.15 bits per heavy atom. The fourth-order valence-electron chi connectivity index (χ4n) is 3.10. The predicted molar refractivity (Wildman–Crippen MR) is 77.5 cm³/mol. The van der Waals surface area contributed by atoms with E-state index in [0.29, 0.717) is 6.42 Å². The highest BCUT2D eigenvalue weighted by Gasteiger charge is 2.33. The smallest absolute Gasteiger partial charge is 0.232 e. The molecule has 0 bridgehead atoms. The lowest BCUT2D eigenvalue weighted by Gasteiger charge is -2.21. The zero-order valence-corrected chi connectivity index (χ0v) is 11.6. The largest absolute Gasteiger partial charge is 0.343 e. The summed E-state index contributed by atoms with van der Waals surface area (Å²) >= 11 is 0. The maximum absolute atomic E-state index is 12.4. The molecule has 2 amide bonds. The lowest BCUT2D eigenvalue weighted by atomic mass is 9.96. The lowest BCUT2D eigenvalue weighted by molar-refractivity contribution is -0.133. The maximum atomic E-state index is 12.4. The molecule has 2 heterocycles. The van der Waals surface area contributed by atoms with Crippen LogP contribution in [-0.4, -0.2) is 29.8 Å². The summed E-state index contributed by atoms with van der Waals surface area (Å²) in [5, 5.41) is 2.86. The number of likely N-dealkylation sites (tertiary alicyclic amines) is 1. The van der Waals surface area contributed by atoms with Crippen molar-refractivity contribution in [1.29, 1.82) is 0 Å². The van der Waals surface area contributed by atoms with Gasteiger partial charge in [0.05, 0.1) is 5.92 Å². The van der Waals surface area contributed by atoms with E-state index in [1.165, 1.54) is 12.8 Å². The number of carbonyl (C=O) groups is 2. The number of para-hydroxylation sites is 1. The number of benzene rings is 1. The van der Waals surface area contributed by atoms with Gasteiger partial charge in [-0.15, -0.1) is 0 Å². The lowest BCUT2D eigenvalue weighted by Crippen LogP contribution is -2.33. The van der Waals surface area contributed by atoms with Crippen molar-refractivity contribution >= 4 is 17.5 Å². The highest BCUT2D eigenvalue weighted by molar-refractivity contribution is 6.04. The fraction of sp³-hybridized carbons (Fsp3) is 0.500. The third-order valence-corrected chi connectivity index (χ3v) is 4.25. The number of hydrogen-bond acceptors (Lipinski definition) is 2. The van der Waals surface area contributed by atoms with Gasteiger partial charge in [-0.1, -0.05) is 31.0 Å². The van der Waals surface area contributed by atoms with Gasteiger partial charge >= 0.3 is 0 Å². The molecule has 1 saturated heterocycles. The molecule has 3 rings (SSSR count). The first kappa shape index (κ1) is 13.2. The number of amides is 2. The van der Waals surface area contributed by atoms with Crippen LogP contribution in [0, 0.1) is 0 Å². The van der Waals surface area contributed by atoms with E-state index >= 15 is 0 Å². The Kier molecular flexibility index (Phi) is 3.72. The summed E-state index contributed by atoms with van der Waals surface area (Å²) in [6, 6.07) is 7.65. The molecule has 4 nitrogen and oxygen atoms in total. The molecule has 1 N–H and O–H groups in total. The molecule has 1 atom stereocenters. The minimum atomic E-state index is -0.318. The molecule has 2 aliphatic rings. The van der Waals surface area contributed by atoms with Crippen LogP contribution in [0.1, 0.15) is 43.6 Å². The summed E-state index contributed by atoms with van der Waals surface area (Å²) in [6.07, 6.45) is 4.87. The highest BCUT2D eigenvalue weighted by atomic mass is 16.2. The number of fused-ring (bicyclic) bond motifs is 1. The molecule has 0 aromatic heterocycles. The molecule has 0 radical (unpaired) electrons. The van der Waals surface area contributed by atoms with Gasteiger partial charge in [-0.05, 0) is 24.5 Å². The third kappa shape index (κ3) is 2.55. The molecule has 1 aromatic carbocycles. The van der Waals surface area contributed by atoms with Crippen LogP contribution in [0.15, 0.2) is 24.3 Å². The molecule has 0 spiro atoms. The molecular formula is C16H20N2O2. The quantitative estimate of drug-likeness (QED) is 0.899. The van der Waals surface area contributed by atoms with Crippen molar-refractivity contribution in [2.24, 2.45) is 0 Å². The Balaban J connectivity index is 1.71. The molecule has 1 unspecified atom stereocenters. The molecular weight excluding hydrogens is 252 g/mol. The zero-order valence-electron chi connectivity index (χ0n) is 11.6. The monoisotopic (exact) mass is 272 g/mol. The van der Waals surface area contributed by atoms with Crippen molar-refractivity contribution in [3.63, 3.8) is 0 Å². The van der Waals surface area contributed by atoms with Gasteiger partial charge in [0.25, 0.3) is 0 Å². The van der Waals surface area contributed by atoms with Crippen LogP contribution in [-0.2, 0) is 9.59 Å². The van der Waals surface area contributed by atoms with Crippen molar-refractivity contribution in [3.05, 3.63) is 29.8 Å². The molecule has 1 fully saturated rings. The average molecular weight is 272 g/mol. The van der Waals surface area contributed by atoms with Crippen molar-refractivity contribution in [2.75, 3.05) is 18.4 Å². The molecule has 106 valence electrons. The van der Waals surface area contributed by atoms with Crippen LogP contribution < -0.4 is 5.32 Å². The fourth-order valence-corrected chi connectivity index (χ4v) is 3.10.